The van der Waals surface area contributed by atoms with E-state index in [1.165, 1.54) is 11.1 Å². The molecule has 0 aliphatic heterocycles. The molecule has 1 nitrogen and oxygen atoms in total. The highest BCUT2D eigenvalue weighted by atomic mass is 16.5. The molecule has 120 valence electrons. The molecule has 1 aromatic rings. The molecule has 0 atom stereocenters. The summed E-state index contributed by atoms with van der Waals surface area (Å²) >= 11 is 0. The number of rotatable bonds is 7. The lowest BCUT2D eigenvalue weighted by Gasteiger charge is -2.05. The largest absolute Gasteiger partial charge is 0.497 e. The number of hydrogen-bond acceptors (Lipinski definition) is 1. The molecule has 0 amide bonds. The van der Waals surface area contributed by atoms with Gasteiger partial charge in [0.1, 0.15) is 5.75 Å². The third-order valence-corrected chi connectivity index (χ3v) is 3.25. The molecule has 0 fully saturated rings. The molecule has 0 aliphatic rings. The van der Waals surface area contributed by atoms with Gasteiger partial charge in [-0.1, -0.05) is 61.2 Å². The zero-order valence-electron chi connectivity index (χ0n) is 14.5. The van der Waals surface area contributed by atoms with Crippen molar-refractivity contribution in [2.75, 3.05) is 7.11 Å². The van der Waals surface area contributed by atoms with E-state index in [0.29, 0.717) is 0 Å². The molecule has 0 heterocycles. The molecule has 0 unspecified atom stereocenters. The predicted molar refractivity (Wildman–Crippen MR) is 103 cm³/mol. The maximum Gasteiger partial charge on any atom is 0.118 e. The van der Waals surface area contributed by atoms with Crippen molar-refractivity contribution in [3.8, 4) is 5.75 Å². The van der Waals surface area contributed by atoms with Crippen molar-refractivity contribution in [3.05, 3.63) is 96.2 Å². The quantitative estimate of drug-likeness (QED) is 0.538. The van der Waals surface area contributed by atoms with E-state index in [-0.39, 0.29) is 0 Å². The van der Waals surface area contributed by atoms with Gasteiger partial charge >= 0.3 is 0 Å². The van der Waals surface area contributed by atoms with E-state index < -0.39 is 0 Å². The fourth-order valence-corrected chi connectivity index (χ4v) is 2.07. The summed E-state index contributed by atoms with van der Waals surface area (Å²) in [4.78, 5) is 0. The first-order valence-corrected chi connectivity index (χ1v) is 7.76. The maximum absolute atomic E-state index is 5.20. The fraction of sp³-hybridized carbons (Fsp3) is 0.182. The van der Waals surface area contributed by atoms with Crippen LogP contribution in [0.1, 0.15) is 26.3 Å². The molecule has 0 saturated heterocycles. The topological polar surface area (TPSA) is 9.23 Å². The minimum Gasteiger partial charge on any atom is -0.497 e. The normalized spacial score (nSPS) is 13.4. The zero-order valence-corrected chi connectivity index (χ0v) is 14.5. The van der Waals surface area contributed by atoms with E-state index in [0.717, 1.165) is 16.9 Å². The first kappa shape index (κ1) is 18.5. The zero-order chi connectivity index (χ0) is 17.1. The Kier molecular flexibility index (Phi) is 8.23. The summed E-state index contributed by atoms with van der Waals surface area (Å²) in [7, 11) is 1.68. The van der Waals surface area contributed by atoms with Gasteiger partial charge in [0.25, 0.3) is 0 Å². The molecule has 0 spiro atoms. The second-order valence-electron chi connectivity index (χ2n) is 5.16. The summed E-state index contributed by atoms with van der Waals surface area (Å²) < 4.78 is 5.20. The highest BCUT2D eigenvalue weighted by molar-refractivity contribution is 5.68. The van der Waals surface area contributed by atoms with Crippen molar-refractivity contribution in [2.24, 2.45) is 0 Å². The van der Waals surface area contributed by atoms with E-state index >= 15 is 0 Å². The summed E-state index contributed by atoms with van der Waals surface area (Å²) in [5, 5.41) is 0. The van der Waals surface area contributed by atoms with Crippen LogP contribution in [0.15, 0.2) is 90.6 Å². The number of ether oxygens (including phenoxy) is 1. The Morgan fingerprint density at radius 1 is 0.957 bits per heavy atom. The van der Waals surface area contributed by atoms with Gasteiger partial charge in [-0.25, -0.2) is 0 Å². The molecule has 1 aromatic carbocycles. The van der Waals surface area contributed by atoms with Gasteiger partial charge in [0.05, 0.1) is 7.11 Å². The van der Waals surface area contributed by atoms with Crippen LogP contribution in [0.2, 0.25) is 0 Å². The Morgan fingerprint density at radius 2 is 1.65 bits per heavy atom. The molecule has 0 saturated carbocycles. The SMILES string of the molecule is C=C(/C=C\C=C/C)/C=C(\C=C/C)/C=C(/C)c1ccc(OC)cc1. The summed E-state index contributed by atoms with van der Waals surface area (Å²) in [6.07, 6.45) is 16.3. The van der Waals surface area contributed by atoms with Gasteiger partial charge in [0.2, 0.25) is 0 Å². The Hall–Kier alpha value is -2.54. The number of methoxy groups -OCH3 is 1. The summed E-state index contributed by atoms with van der Waals surface area (Å²) in [6, 6.07) is 8.09. The Labute approximate surface area is 140 Å². The smallest absolute Gasteiger partial charge is 0.118 e. The molecule has 0 N–H and O–H groups in total. The van der Waals surface area contributed by atoms with Gasteiger partial charge < -0.3 is 4.74 Å². The van der Waals surface area contributed by atoms with E-state index in [2.05, 4.69) is 43.9 Å². The van der Waals surface area contributed by atoms with Gasteiger partial charge in [-0.15, -0.1) is 0 Å². The van der Waals surface area contributed by atoms with E-state index in [1.807, 2.05) is 56.4 Å². The molecule has 0 bridgehead atoms. The minimum atomic E-state index is 0.869. The Bertz CT molecular complexity index is 650. The second kappa shape index (κ2) is 10.2. The molecular formula is C22H26O. The van der Waals surface area contributed by atoms with Crippen molar-refractivity contribution in [2.45, 2.75) is 20.8 Å². The molecule has 0 aliphatic carbocycles. The lowest BCUT2D eigenvalue weighted by molar-refractivity contribution is 0.415. The van der Waals surface area contributed by atoms with Crippen LogP contribution in [0, 0.1) is 0 Å². The first-order chi connectivity index (χ1) is 11.1. The number of benzene rings is 1. The molecule has 23 heavy (non-hydrogen) atoms. The number of allylic oxidation sites excluding steroid dienone is 11. The third kappa shape index (κ3) is 6.84. The highest BCUT2D eigenvalue weighted by Crippen LogP contribution is 2.20. The maximum atomic E-state index is 5.20. The molecule has 0 radical (unpaired) electrons. The van der Waals surface area contributed by atoms with Crippen molar-refractivity contribution < 1.29 is 4.74 Å². The fourth-order valence-electron chi connectivity index (χ4n) is 2.07. The summed E-state index contributed by atoms with van der Waals surface area (Å²) in [6.45, 7) is 10.2. The molecule has 1 rings (SSSR count). The number of hydrogen-bond donors (Lipinski definition) is 0. The van der Waals surface area contributed by atoms with Crippen molar-refractivity contribution in [3.63, 3.8) is 0 Å². The van der Waals surface area contributed by atoms with Gasteiger partial charge in [0, 0.05) is 0 Å². The van der Waals surface area contributed by atoms with Crippen LogP contribution >= 0.6 is 0 Å². The van der Waals surface area contributed by atoms with Crippen molar-refractivity contribution in [1.29, 1.82) is 0 Å². The Balaban J connectivity index is 3.02. The lowest BCUT2D eigenvalue weighted by atomic mass is 10.0. The van der Waals surface area contributed by atoms with Crippen molar-refractivity contribution >= 4 is 5.57 Å². The summed E-state index contributed by atoms with van der Waals surface area (Å²) in [5.74, 6) is 0.869. The summed E-state index contributed by atoms with van der Waals surface area (Å²) in [5.41, 5.74) is 4.46. The van der Waals surface area contributed by atoms with Crippen LogP contribution in [0.3, 0.4) is 0 Å². The standard InChI is InChI=1S/C22H26O/c1-6-8-9-11-18(3)16-20(10-7-2)17-19(4)21-12-14-22(23-5)15-13-21/h6-17H,3H2,1-2,4-5H3/b8-6-,10-7-,11-9-,19-17-,20-16+. The van der Waals surface area contributed by atoms with Crippen LogP contribution in [0.4, 0.5) is 0 Å². The predicted octanol–water partition coefficient (Wildman–Crippen LogP) is 6.29. The van der Waals surface area contributed by atoms with Crippen LogP contribution in [0.5, 0.6) is 5.75 Å². The third-order valence-electron chi connectivity index (χ3n) is 3.25. The Morgan fingerprint density at radius 3 is 2.22 bits per heavy atom. The van der Waals surface area contributed by atoms with Crippen LogP contribution in [-0.2, 0) is 0 Å². The van der Waals surface area contributed by atoms with Gasteiger partial charge in [-0.05, 0) is 61.3 Å². The lowest BCUT2D eigenvalue weighted by Crippen LogP contribution is -1.85. The minimum absolute atomic E-state index is 0.869. The average Bonchev–Trinajstić information content (AvgIpc) is 2.55. The van der Waals surface area contributed by atoms with Gasteiger partial charge in [0.15, 0.2) is 0 Å². The van der Waals surface area contributed by atoms with E-state index in [1.54, 1.807) is 7.11 Å². The second-order valence-corrected chi connectivity index (χ2v) is 5.16. The van der Waals surface area contributed by atoms with Gasteiger partial charge in [-0.2, -0.15) is 0 Å². The van der Waals surface area contributed by atoms with Crippen molar-refractivity contribution in [1.82, 2.24) is 0 Å². The van der Waals surface area contributed by atoms with E-state index in [4.69, 9.17) is 4.74 Å². The average molecular weight is 306 g/mol. The van der Waals surface area contributed by atoms with Crippen LogP contribution < -0.4 is 4.74 Å². The molecular weight excluding hydrogens is 280 g/mol. The first-order valence-electron chi connectivity index (χ1n) is 7.76. The van der Waals surface area contributed by atoms with E-state index in [9.17, 15) is 0 Å². The van der Waals surface area contributed by atoms with Gasteiger partial charge in [-0.3, -0.25) is 0 Å². The monoisotopic (exact) mass is 306 g/mol. The van der Waals surface area contributed by atoms with Crippen LogP contribution in [-0.4, -0.2) is 7.11 Å². The molecule has 0 aromatic heterocycles. The highest BCUT2D eigenvalue weighted by Gasteiger charge is 1.98. The molecule has 1 heteroatoms. The van der Waals surface area contributed by atoms with Crippen LogP contribution in [0.25, 0.3) is 5.57 Å².